The zero-order valence-corrected chi connectivity index (χ0v) is 10.2. The van der Waals surface area contributed by atoms with Crippen molar-refractivity contribution in [3.05, 3.63) is 35.9 Å². The predicted molar refractivity (Wildman–Crippen MR) is 67.8 cm³/mol. The van der Waals surface area contributed by atoms with Gasteiger partial charge in [0.15, 0.2) is 0 Å². The normalized spacial score (nSPS) is 22.9. The monoisotopic (exact) mass is 238 g/mol. The number of hydrogen-bond donors (Lipinski definition) is 1. The van der Waals surface area contributed by atoms with E-state index in [1.165, 1.54) is 5.56 Å². The van der Waals surface area contributed by atoms with Crippen LogP contribution < -0.4 is 0 Å². The van der Waals surface area contributed by atoms with Gasteiger partial charge in [-0.25, -0.2) is 0 Å². The summed E-state index contributed by atoms with van der Waals surface area (Å²) >= 11 is 1.87. The summed E-state index contributed by atoms with van der Waals surface area (Å²) in [6, 6.07) is 10.3. The lowest BCUT2D eigenvalue weighted by atomic mass is 10.0. The van der Waals surface area contributed by atoms with Gasteiger partial charge < -0.3 is 9.84 Å². The van der Waals surface area contributed by atoms with Crippen molar-refractivity contribution in [2.45, 2.75) is 25.0 Å². The van der Waals surface area contributed by atoms with E-state index in [4.69, 9.17) is 4.74 Å². The molecule has 0 radical (unpaired) electrons. The quantitative estimate of drug-likeness (QED) is 0.871. The van der Waals surface area contributed by atoms with Crippen molar-refractivity contribution in [2.75, 3.05) is 18.1 Å². The highest BCUT2D eigenvalue weighted by molar-refractivity contribution is 7.99. The van der Waals surface area contributed by atoms with Crippen LogP contribution in [0.2, 0.25) is 0 Å². The molecule has 1 aliphatic rings. The molecule has 1 saturated heterocycles. The van der Waals surface area contributed by atoms with Gasteiger partial charge in [-0.3, -0.25) is 0 Å². The second kappa shape index (κ2) is 6.28. The summed E-state index contributed by atoms with van der Waals surface area (Å²) in [7, 11) is 0. The molecule has 0 aromatic heterocycles. The van der Waals surface area contributed by atoms with Crippen LogP contribution in [0.5, 0.6) is 0 Å². The maximum absolute atomic E-state index is 10.00. The third kappa shape index (κ3) is 3.51. The van der Waals surface area contributed by atoms with Gasteiger partial charge in [0.1, 0.15) is 0 Å². The van der Waals surface area contributed by atoms with Crippen LogP contribution in [-0.2, 0) is 11.2 Å². The average Bonchev–Trinajstić information content (AvgIpc) is 2.38. The number of benzene rings is 1. The largest absolute Gasteiger partial charge is 0.390 e. The van der Waals surface area contributed by atoms with Crippen molar-refractivity contribution in [1.82, 2.24) is 0 Å². The molecule has 1 N–H and O–H groups in total. The van der Waals surface area contributed by atoms with E-state index in [0.29, 0.717) is 0 Å². The van der Waals surface area contributed by atoms with Crippen LogP contribution in [0, 0.1) is 0 Å². The Labute approximate surface area is 101 Å². The van der Waals surface area contributed by atoms with E-state index in [1.807, 2.05) is 30.0 Å². The average molecular weight is 238 g/mol. The number of aliphatic hydroxyl groups excluding tert-OH is 1. The summed E-state index contributed by atoms with van der Waals surface area (Å²) in [6.07, 6.45) is 1.41. The van der Waals surface area contributed by atoms with E-state index >= 15 is 0 Å². The fourth-order valence-corrected chi connectivity index (χ4v) is 2.80. The van der Waals surface area contributed by atoms with Gasteiger partial charge in [-0.15, -0.1) is 0 Å². The molecule has 2 unspecified atom stereocenters. The molecule has 0 bridgehead atoms. The Morgan fingerprint density at radius 3 is 2.88 bits per heavy atom. The summed E-state index contributed by atoms with van der Waals surface area (Å²) in [6.45, 7) is 0.776. The molecule has 1 aliphatic heterocycles. The summed E-state index contributed by atoms with van der Waals surface area (Å²) in [5.74, 6) is 1.98. The fraction of sp³-hybridized carbons (Fsp3) is 0.538. The maximum Gasteiger partial charge on any atom is 0.0924 e. The van der Waals surface area contributed by atoms with Gasteiger partial charge in [-0.1, -0.05) is 30.3 Å². The highest BCUT2D eigenvalue weighted by Crippen LogP contribution is 2.18. The first-order valence-corrected chi connectivity index (χ1v) is 6.93. The Morgan fingerprint density at radius 1 is 1.38 bits per heavy atom. The topological polar surface area (TPSA) is 29.5 Å². The highest BCUT2D eigenvalue weighted by Gasteiger charge is 2.22. The Morgan fingerprint density at radius 2 is 2.19 bits per heavy atom. The molecule has 1 fully saturated rings. The summed E-state index contributed by atoms with van der Waals surface area (Å²) in [5, 5.41) is 10.00. The lowest BCUT2D eigenvalue weighted by Gasteiger charge is -2.26. The van der Waals surface area contributed by atoms with Crippen molar-refractivity contribution >= 4 is 11.8 Å². The molecule has 16 heavy (non-hydrogen) atoms. The van der Waals surface area contributed by atoms with Crippen LogP contribution in [0.25, 0.3) is 0 Å². The van der Waals surface area contributed by atoms with E-state index in [0.717, 1.165) is 31.0 Å². The zero-order chi connectivity index (χ0) is 11.2. The highest BCUT2D eigenvalue weighted by atomic mass is 32.2. The fourth-order valence-electron chi connectivity index (χ4n) is 1.87. The Balaban J connectivity index is 1.76. The standard InChI is InChI=1S/C13H18O2S/c14-12(13-10-16-9-8-15-13)7-6-11-4-2-1-3-5-11/h1-5,12-14H,6-10H2. The van der Waals surface area contributed by atoms with Gasteiger partial charge >= 0.3 is 0 Å². The van der Waals surface area contributed by atoms with Crippen LogP contribution in [0.4, 0.5) is 0 Å². The van der Waals surface area contributed by atoms with Crippen LogP contribution in [-0.4, -0.2) is 35.4 Å². The molecule has 0 saturated carbocycles. The molecule has 0 aliphatic carbocycles. The number of hydrogen-bond acceptors (Lipinski definition) is 3. The molecular formula is C13H18O2S. The number of aliphatic hydroxyl groups is 1. The maximum atomic E-state index is 10.00. The molecule has 88 valence electrons. The minimum atomic E-state index is -0.326. The smallest absolute Gasteiger partial charge is 0.0924 e. The first kappa shape index (κ1) is 12.0. The molecule has 1 aromatic rings. The van der Waals surface area contributed by atoms with Gasteiger partial charge in [0.05, 0.1) is 18.8 Å². The molecular weight excluding hydrogens is 220 g/mol. The van der Waals surface area contributed by atoms with Gasteiger partial charge in [-0.2, -0.15) is 11.8 Å². The van der Waals surface area contributed by atoms with E-state index in [2.05, 4.69) is 12.1 Å². The molecule has 1 aromatic carbocycles. The Kier molecular flexibility index (Phi) is 4.69. The summed E-state index contributed by atoms with van der Waals surface area (Å²) < 4.78 is 5.56. The number of ether oxygens (including phenoxy) is 1. The van der Waals surface area contributed by atoms with Crippen molar-refractivity contribution in [1.29, 1.82) is 0 Å². The Bertz CT molecular complexity index is 296. The molecule has 2 nitrogen and oxygen atoms in total. The van der Waals surface area contributed by atoms with Crippen LogP contribution in [0.15, 0.2) is 30.3 Å². The van der Waals surface area contributed by atoms with E-state index in [9.17, 15) is 5.11 Å². The SMILES string of the molecule is OC(CCc1ccccc1)C1CSCCO1. The Hall–Kier alpha value is -0.510. The van der Waals surface area contributed by atoms with Gasteiger partial charge in [0.25, 0.3) is 0 Å². The van der Waals surface area contributed by atoms with Crippen molar-refractivity contribution < 1.29 is 9.84 Å². The number of rotatable bonds is 4. The van der Waals surface area contributed by atoms with Crippen LogP contribution in [0.1, 0.15) is 12.0 Å². The molecule has 2 rings (SSSR count). The van der Waals surface area contributed by atoms with E-state index in [-0.39, 0.29) is 12.2 Å². The van der Waals surface area contributed by atoms with Crippen LogP contribution >= 0.6 is 11.8 Å². The molecule has 0 amide bonds. The third-order valence-electron chi connectivity index (χ3n) is 2.84. The molecule has 3 heteroatoms. The minimum absolute atomic E-state index is 0.0301. The van der Waals surface area contributed by atoms with E-state index < -0.39 is 0 Å². The lowest BCUT2D eigenvalue weighted by Crippen LogP contribution is -2.35. The van der Waals surface area contributed by atoms with Gasteiger partial charge in [0.2, 0.25) is 0 Å². The van der Waals surface area contributed by atoms with Crippen molar-refractivity contribution in [3.63, 3.8) is 0 Å². The molecule has 2 atom stereocenters. The second-order valence-corrected chi connectivity index (χ2v) is 5.23. The minimum Gasteiger partial charge on any atom is -0.390 e. The number of thioether (sulfide) groups is 1. The summed E-state index contributed by atoms with van der Waals surface area (Å²) in [4.78, 5) is 0. The van der Waals surface area contributed by atoms with Crippen molar-refractivity contribution in [2.24, 2.45) is 0 Å². The van der Waals surface area contributed by atoms with E-state index in [1.54, 1.807) is 0 Å². The zero-order valence-electron chi connectivity index (χ0n) is 9.34. The van der Waals surface area contributed by atoms with Crippen molar-refractivity contribution in [3.8, 4) is 0 Å². The summed E-state index contributed by atoms with van der Waals surface area (Å²) in [5.41, 5.74) is 1.28. The predicted octanol–water partition coefficient (Wildman–Crippen LogP) is 2.11. The third-order valence-corrected chi connectivity index (χ3v) is 3.86. The van der Waals surface area contributed by atoms with Crippen LogP contribution in [0.3, 0.4) is 0 Å². The lowest BCUT2D eigenvalue weighted by molar-refractivity contribution is -0.0244. The second-order valence-electron chi connectivity index (χ2n) is 4.08. The molecule has 1 heterocycles. The van der Waals surface area contributed by atoms with Gasteiger partial charge in [0, 0.05) is 11.5 Å². The first-order chi connectivity index (χ1) is 7.86. The first-order valence-electron chi connectivity index (χ1n) is 5.77. The van der Waals surface area contributed by atoms with Gasteiger partial charge in [-0.05, 0) is 18.4 Å². The molecule has 0 spiro atoms. The number of aryl methyl sites for hydroxylation is 1.